The topological polar surface area (TPSA) is 38.2 Å². The van der Waals surface area contributed by atoms with E-state index in [0.717, 1.165) is 23.4 Å². The molecule has 0 amide bonds. The van der Waals surface area contributed by atoms with Crippen molar-refractivity contribution in [2.24, 2.45) is 0 Å². The maximum Gasteiger partial charge on any atom is 0.294 e. The summed E-state index contributed by atoms with van der Waals surface area (Å²) < 4.78 is 7.49. The van der Waals surface area contributed by atoms with Crippen LogP contribution in [0, 0.1) is 0 Å². The Bertz CT molecular complexity index is 860. The summed E-state index contributed by atoms with van der Waals surface area (Å²) in [4.78, 5) is 2.53. The van der Waals surface area contributed by atoms with E-state index in [1.165, 1.54) is 22.9 Å². The molecule has 124 valence electrons. The van der Waals surface area contributed by atoms with E-state index in [4.69, 9.17) is 4.74 Å². The number of nitrogens with zero attached hydrogens (tertiary/aromatic N) is 3. The van der Waals surface area contributed by atoms with Gasteiger partial charge in [-0.05, 0) is 61.7 Å². The molecule has 2 saturated heterocycles. The predicted molar refractivity (Wildman–Crippen MR) is 99.0 cm³/mol. The Morgan fingerprint density at radius 3 is 2.79 bits per heavy atom. The Labute approximate surface area is 149 Å². The fourth-order valence-electron chi connectivity index (χ4n) is 4.07. The zero-order valence-electron chi connectivity index (χ0n) is 13.5. The van der Waals surface area contributed by atoms with Crippen molar-refractivity contribution >= 4 is 32.8 Å². The van der Waals surface area contributed by atoms with Gasteiger partial charge >= 0.3 is 0 Å². The summed E-state index contributed by atoms with van der Waals surface area (Å²) in [6, 6.07) is 9.98. The van der Waals surface area contributed by atoms with Crippen molar-refractivity contribution in [1.82, 2.24) is 15.1 Å². The molecule has 3 aromatic rings. The molecular formula is C18H19N3OS2. The Kier molecular flexibility index (Phi) is 3.57. The highest BCUT2D eigenvalue weighted by atomic mass is 32.1. The molecule has 3 atom stereocenters. The van der Waals surface area contributed by atoms with Gasteiger partial charge < -0.3 is 9.64 Å². The normalized spacial score (nSPS) is 27.0. The zero-order valence-corrected chi connectivity index (χ0v) is 15.1. The van der Waals surface area contributed by atoms with Gasteiger partial charge in [-0.2, -0.15) is 0 Å². The smallest absolute Gasteiger partial charge is 0.294 e. The average molecular weight is 358 g/mol. The van der Waals surface area contributed by atoms with E-state index >= 15 is 0 Å². The summed E-state index contributed by atoms with van der Waals surface area (Å²) in [5.41, 5.74) is 1.12. The van der Waals surface area contributed by atoms with Crippen molar-refractivity contribution in [3.8, 4) is 15.8 Å². The lowest BCUT2D eigenvalue weighted by atomic mass is 10.0. The SMILES string of the molecule is CN1C2CC[C@H]1CC(Oc1nnc(-c3ccc4sccc4c3)s1)C2. The molecule has 0 saturated carbocycles. The molecule has 4 nitrogen and oxygen atoms in total. The van der Waals surface area contributed by atoms with Gasteiger partial charge in [-0.15, -0.1) is 16.4 Å². The summed E-state index contributed by atoms with van der Waals surface area (Å²) in [5, 5.41) is 13.7. The molecule has 6 heteroatoms. The third-order valence-corrected chi connectivity index (χ3v) is 7.19. The average Bonchev–Trinajstić information content (AvgIpc) is 3.27. The largest absolute Gasteiger partial charge is 0.465 e. The number of piperidine rings is 1. The van der Waals surface area contributed by atoms with Crippen molar-refractivity contribution in [2.45, 2.75) is 43.9 Å². The van der Waals surface area contributed by atoms with E-state index < -0.39 is 0 Å². The third kappa shape index (κ3) is 2.53. The fraction of sp³-hybridized carbons (Fsp3) is 0.444. The quantitative estimate of drug-likeness (QED) is 0.695. The van der Waals surface area contributed by atoms with E-state index in [0.29, 0.717) is 23.4 Å². The summed E-state index contributed by atoms with van der Waals surface area (Å²) in [5.74, 6) is 0. The van der Waals surface area contributed by atoms with E-state index in [1.807, 2.05) is 0 Å². The number of fused-ring (bicyclic) bond motifs is 3. The van der Waals surface area contributed by atoms with E-state index in [2.05, 4.69) is 51.8 Å². The van der Waals surface area contributed by atoms with Gasteiger partial charge in [0.1, 0.15) is 6.10 Å². The van der Waals surface area contributed by atoms with Crippen LogP contribution in [-0.2, 0) is 0 Å². The van der Waals surface area contributed by atoms with Crippen LogP contribution in [0.3, 0.4) is 0 Å². The Morgan fingerprint density at radius 2 is 1.96 bits per heavy atom. The lowest BCUT2D eigenvalue weighted by molar-refractivity contribution is 0.0655. The van der Waals surface area contributed by atoms with Crippen molar-refractivity contribution < 1.29 is 4.74 Å². The van der Waals surface area contributed by atoms with Crippen molar-refractivity contribution in [2.75, 3.05) is 7.05 Å². The second kappa shape index (κ2) is 5.79. The highest BCUT2D eigenvalue weighted by Gasteiger charge is 2.39. The van der Waals surface area contributed by atoms with Gasteiger partial charge in [0.05, 0.1) is 0 Å². The Hall–Kier alpha value is -1.50. The summed E-state index contributed by atoms with van der Waals surface area (Å²) in [6.45, 7) is 0. The van der Waals surface area contributed by atoms with Gasteiger partial charge in [-0.3, -0.25) is 0 Å². The molecule has 4 heterocycles. The predicted octanol–water partition coefficient (Wildman–Crippen LogP) is 4.42. The monoisotopic (exact) mass is 357 g/mol. The zero-order chi connectivity index (χ0) is 16.1. The molecule has 2 aliphatic rings. The summed E-state index contributed by atoms with van der Waals surface area (Å²) >= 11 is 3.32. The van der Waals surface area contributed by atoms with Gasteiger partial charge in [0.25, 0.3) is 5.19 Å². The molecule has 2 bridgehead atoms. The number of thiophene rings is 1. The highest BCUT2D eigenvalue weighted by molar-refractivity contribution is 7.17. The Morgan fingerprint density at radius 1 is 1.12 bits per heavy atom. The molecule has 2 aliphatic heterocycles. The molecule has 2 fully saturated rings. The first-order valence-electron chi connectivity index (χ1n) is 8.46. The molecule has 0 aliphatic carbocycles. The van der Waals surface area contributed by atoms with E-state index in [-0.39, 0.29) is 0 Å². The number of ether oxygens (including phenoxy) is 1. The Balaban J connectivity index is 1.34. The number of hydrogen-bond acceptors (Lipinski definition) is 6. The van der Waals surface area contributed by atoms with Crippen LogP contribution in [-0.4, -0.2) is 40.3 Å². The lowest BCUT2D eigenvalue weighted by Gasteiger charge is -2.35. The minimum absolute atomic E-state index is 0.291. The van der Waals surface area contributed by atoms with Crippen LogP contribution in [0.4, 0.5) is 0 Å². The number of aromatic nitrogens is 2. The minimum atomic E-state index is 0.291. The molecule has 0 spiro atoms. The van der Waals surface area contributed by atoms with Crippen LogP contribution in [0.5, 0.6) is 5.19 Å². The van der Waals surface area contributed by atoms with Crippen molar-refractivity contribution in [1.29, 1.82) is 0 Å². The van der Waals surface area contributed by atoms with Gasteiger partial charge in [0, 0.05) is 22.3 Å². The lowest BCUT2D eigenvalue weighted by Crippen LogP contribution is -2.43. The van der Waals surface area contributed by atoms with Crippen LogP contribution >= 0.6 is 22.7 Å². The fourth-order valence-corrected chi connectivity index (χ4v) is 5.60. The first-order chi connectivity index (χ1) is 11.8. The molecule has 2 aromatic heterocycles. The van der Waals surface area contributed by atoms with Gasteiger partial charge in [0.2, 0.25) is 0 Å². The highest BCUT2D eigenvalue weighted by Crippen LogP contribution is 2.37. The molecule has 24 heavy (non-hydrogen) atoms. The van der Waals surface area contributed by atoms with Crippen LogP contribution in [0.2, 0.25) is 0 Å². The van der Waals surface area contributed by atoms with Crippen LogP contribution < -0.4 is 4.74 Å². The maximum absolute atomic E-state index is 6.18. The van der Waals surface area contributed by atoms with Crippen molar-refractivity contribution in [3.63, 3.8) is 0 Å². The van der Waals surface area contributed by atoms with Crippen LogP contribution in [0.1, 0.15) is 25.7 Å². The van der Waals surface area contributed by atoms with Crippen LogP contribution in [0.25, 0.3) is 20.7 Å². The molecule has 1 aromatic carbocycles. The molecule has 5 rings (SSSR count). The number of hydrogen-bond donors (Lipinski definition) is 0. The molecule has 2 unspecified atom stereocenters. The van der Waals surface area contributed by atoms with Gasteiger partial charge in [0.15, 0.2) is 5.01 Å². The summed E-state index contributed by atoms with van der Waals surface area (Å²) in [6.07, 6.45) is 5.14. The first kappa shape index (κ1) is 14.8. The second-order valence-electron chi connectivity index (χ2n) is 6.81. The minimum Gasteiger partial charge on any atom is -0.465 e. The third-order valence-electron chi connectivity index (χ3n) is 5.43. The first-order valence-corrected chi connectivity index (χ1v) is 10.2. The molecule has 0 radical (unpaired) electrons. The molecule has 0 N–H and O–H groups in total. The van der Waals surface area contributed by atoms with Crippen molar-refractivity contribution in [3.05, 3.63) is 29.6 Å². The van der Waals surface area contributed by atoms with Gasteiger partial charge in [-0.1, -0.05) is 22.5 Å². The number of benzene rings is 1. The molecular weight excluding hydrogens is 338 g/mol. The second-order valence-corrected chi connectivity index (χ2v) is 8.70. The van der Waals surface area contributed by atoms with Gasteiger partial charge in [-0.25, -0.2) is 0 Å². The number of rotatable bonds is 3. The maximum atomic E-state index is 6.18. The standard InChI is InChI=1S/C18H19N3OS2/c1-21-13-3-4-14(21)10-15(9-13)22-18-20-19-17(24-18)12-2-5-16-11(8-12)6-7-23-16/h2,5-8,13-15H,3-4,9-10H2,1H3/t13-,14?,15?/m0/s1. The van der Waals surface area contributed by atoms with E-state index in [1.54, 1.807) is 22.7 Å². The summed E-state index contributed by atoms with van der Waals surface area (Å²) in [7, 11) is 2.25. The van der Waals surface area contributed by atoms with E-state index in [9.17, 15) is 0 Å². The van der Waals surface area contributed by atoms with Crippen LogP contribution in [0.15, 0.2) is 29.6 Å².